The standard InChI is InChI=1S/C27H22N2OS2/c28-17-25-24(20-10-4-1-5-11-20)16-26(21-12-6-2-7-13-21)29-27(25)32-19-22(30)18-31-23-14-8-3-9-15-23/h1-16,22,30H,18-19H2/t22-/m0/s1. The monoisotopic (exact) mass is 454 g/mol. The summed E-state index contributed by atoms with van der Waals surface area (Å²) in [6.07, 6.45) is -0.515. The SMILES string of the molecule is N#Cc1c(-c2ccccc2)cc(-c2ccccc2)nc1SC[C@@H](O)CSc1ccccc1. The zero-order valence-corrected chi connectivity index (χ0v) is 19.0. The molecule has 0 radical (unpaired) electrons. The van der Waals surface area contributed by atoms with E-state index in [0.717, 1.165) is 27.3 Å². The third kappa shape index (κ3) is 5.60. The Kier molecular flexibility index (Phi) is 7.63. The number of pyridine rings is 1. The number of nitriles is 1. The zero-order valence-electron chi connectivity index (χ0n) is 17.4. The average molecular weight is 455 g/mol. The van der Waals surface area contributed by atoms with E-state index in [1.807, 2.05) is 97.1 Å². The summed E-state index contributed by atoms with van der Waals surface area (Å²) in [5.41, 5.74) is 4.20. The number of hydrogen-bond acceptors (Lipinski definition) is 5. The number of aliphatic hydroxyl groups is 1. The molecule has 0 aliphatic heterocycles. The molecule has 1 aromatic heterocycles. The first-order chi connectivity index (χ1) is 15.7. The molecule has 1 atom stereocenters. The summed E-state index contributed by atoms with van der Waals surface area (Å²) in [5, 5.41) is 21.2. The van der Waals surface area contributed by atoms with E-state index in [9.17, 15) is 10.4 Å². The Morgan fingerprint density at radius 3 is 1.97 bits per heavy atom. The first kappa shape index (κ1) is 22.2. The number of nitrogens with zero attached hydrogens (tertiary/aromatic N) is 2. The van der Waals surface area contributed by atoms with Crippen LogP contribution in [0.15, 0.2) is 107 Å². The van der Waals surface area contributed by atoms with E-state index in [1.165, 1.54) is 11.8 Å². The number of hydrogen-bond donors (Lipinski definition) is 1. The van der Waals surface area contributed by atoms with Gasteiger partial charge in [-0.05, 0) is 23.8 Å². The van der Waals surface area contributed by atoms with Crippen molar-refractivity contribution >= 4 is 23.5 Å². The van der Waals surface area contributed by atoms with Crippen LogP contribution in [-0.4, -0.2) is 27.7 Å². The van der Waals surface area contributed by atoms with Gasteiger partial charge < -0.3 is 5.11 Å². The quantitative estimate of drug-likeness (QED) is 0.307. The lowest BCUT2D eigenvalue weighted by Gasteiger charge is -2.14. The van der Waals surface area contributed by atoms with E-state index in [4.69, 9.17) is 4.98 Å². The van der Waals surface area contributed by atoms with E-state index in [2.05, 4.69) is 6.07 Å². The minimum Gasteiger partial charge on any atom is -0.391 e. The highest BCUT2D eigenvalue weighted by atomic mass is 32.2. The Hall–Kier alpha value is -3.04. The summed E-state index contributed by atoms with van der Waals surface area (Å²) >= 11 is 3.06. The molecular formula is C27H22N2OS2. The number of rotatable bonds is 8. The van der Waals surface area contributed by atoms with Crippen molar-refractivity contribution in [1.29, 1.82) is 5.26 Å². The van der Waals surface area contributed by atoms with Gasteiger partial charge in [0.25, 0.3) is 0 Å². The lowest BCUT2D eigenvalue weighted by Crippen LogP contribution is -2.13. The summed E-state index contributed by atoms with van der Waals surface area (Å²) in [4.78, 5) is 5.94. The normalized spacial score (nSPS) is 11.6. The van der Waals surface area contributed by atoms with E-state index in [0.29, 0.717) is 22.1 Å². The van der Waals surface area contributed by atoms with Gasteiger partial charge in [-0.15, -0.1) is 23.5 Å². The van der Waals surface area contributed by atoms with Crippen molar-refractivity contribution in [1.82, 2.24) is 4.98 Å². The highest BCUT2D eigenvalue weighted by Crippen LogP contribution is 2.34. The molecule has 0 saturated carbocycles. The predicted molar refractivity (Wildman–Crippen MR) is 134 cm³/mol. The van der Waals surface area contributed by atoms with Crippen LogP contribution in [0.25, 0.3) is 22.4 Å². The highest BCUT2D eigenvalue weighted by molar-refractivity contribution is 8.00. The van der Waals surface area contributed by atoms with Gasteiger partial charge >= 0.3 is 0 Å². The Bertz CT molecular complexity index is 1190. The van der Waals surface area contributed by atoms with Gasteiger partial charge in [-0.1, -0.05) is 78.9 Å². The Morgan fingerprint density at radius 1 is 0.781 bits per heavy atom. The van der Waals surface area contributed by atoms with Gasteiger partial charge in [-0.3, -0.25) is 0 Å². The maximum Gasteiger partial charge on any atom is 0.115 e. The highest BCUT2D eigenvalue weighted by Gasteiger charge is 2.17. The second-order valence-electron chi connectivity index (χ2n) is 7.17. The van der Waals surface area contributed by atoms with Crippen molar-refractivity contribution in [2.75, 3.05) is 11.5 Å². The van der Waals surface area contributed by atoms with Gasteiger partial charge in [0.15, 0.2) is 0 Å². The smallest absolute Gasteiger partial charge is 0.115 e. The molecule has 5 heteroatoms. The molecule has 1 N–H and O–H groups in total. The van der Waals surface area contributed by atoms with Crippen LogP contribution in [0.4, 0.5) is 0 Å². The van der Waals surface area contributed by atoms with Gasteiger partial charge in [0, 0.05) is 27.5 Å². The van der Waals surface area contributed by atoms with Crippen LogP contribution in [0.5, 0.6) is 0 Å². The molecule has 0 bridgehead atoms. The maximum atomic E-state index is 10.6. The van der Waals surface area contributed by atoms with Crippen LogP contribution in [0.3, 0.4) is 0 Å². The van der Waals surface area contributed by atoms with Gasteiger partial charge in [0.1, 0.15) is 11.1 Å². The van der Waals surface area contributed by atoms with Crippen molar-refractivity contribution in [3.8, 4) is 28.5 Å². The fraction of sp³-hybridized carbons (Fsp3) is 0.111. The molecular weight excluding hydrogens is 432 g/mol. The average Bonchev–Trinajstić information content (AvgIpc) is 2.87. The van der Waals surface area contributed by atoms with Gasteiger partial charge in [0.05, 0.1) is 17.4 Å². The van der Waals surface area contributed by atoms with Crippen LogP contribution in [0, 0.1) is 11.3 Å². The molecule has 32 heavy (non-hydrogen) atoms. The number of thioether (sulfide) groups is 2. The zero-order chi connectivity index (χ0) is 22.2. The number of aromatic nitrogens is 1. The van der Waals surface area contributed by atoms with Crippen LogP contribution in [0.1, 0.15) is 5.56 Å². The molecule has 3 aromatic carbocycles. The molecule has 3 nitrogen and oxygen atoms in total. The molecule has 158 valence electrons. The van der Waals surface area contributed by atoms with Crippen molar-refractivity contribution in [3.63, 3.8) is 0 Å². The fourth-order valence-electron chi connectivity index (χ4n) is 3.27. The molecule has 1 heterocycles. The predicted octanol–water partition coefficient (Wildman–Crippen LogP) is 6.53. The molecule has 4 aromatic rings. The van der Waals surface area contributed by atoms with Crippen molar-refractivity contribution in [2.45, 2.75) is 16.0 Å². The van der Waals surface area contributed by atoms with Crippen molar-refractivity contribution in [3.05, 3.63) is 103 Å². The fourth-order valence-corrected chi connectivity index (χ4v) is 5.20. The molecule has 0 spiro atoms. The summed E-state index contributed by atoms with van der Waals surface area (Å²) in [6, 6.07) is 34.3. The molecule has 0 aliphatic rings. The summed E-state index contributed by atoms with van der Waals surface area (Å²) in [5.74, 6) is 1.05. The second kappa shape index (κ2) is 11.0. The van der Waals surface area contributed by atoms with Gasteiger partial charge in [-0.2, -0.15) is 5.26 Å². The van der Waals surface area contributed by atoms with Gasteiger partial charge in [-0.25, -0.2) is 4.98 Å². The van der Waals surface area contributed by atoms with E-state index in [-0.39, 0.29) is 0 Å². The molecule has 0 amide bonds. The third-order valence-electron chi connectivity index (χ3n) is 4.85. The van der Waals surface area contributed by atoms with E-state index < -0.39 is 6.10 Å². The lowest BCUT2D eigenvalue weighted by atomic mass is 9.99. The second-order valence-corrected chi connectivity index (χ2v) is 9.27. The third-order valence-corrected chi connectivity index (χ3v) is 7.13. The van der Waals surface area contributed by atoms with Crippen LogP contribution < -0.4 is 0 Å². The maximum absolute atomic E-state index is 10.6. The first-order valence-corrected chi connectivity index (χ1v) is 12.3. The number of aliphatic hydroxyl groups excluding tert-OH is 1. The van der Waals surface area contributed by atoms with Crippen LogP contribution in [-0.2, 0) is 0 Å². The molecule has 0 aliphatic carbocycles. The lowest BCUT2D eigenvalue weighted by molar-refractivity contribution is 0.225. The Labute approximate surface area is 197 Å². The van der Waals surface area contributed by atoms with Crippen LogP contribution in [0.2, 0.25) is 0 Å². The van der Waals surface area contributed by atoms with Gasteiger partial charge in [0.2, 0.25) is 0 Å². The first-order valence-electron chi connectivity index (χ1n) is 10.3. The topological polar surface area (TPSA) is 56.9 Å². The van der Waals surface area contributed by atoms with E-state index in [1.54, 1.807) is 11.8 Å². The largest absolute Gasteiger partial charge is 0.391 e. The summed E-state index contributed by atoms with van der Waals surface area (Å²) in [6.45, 7) is 0. The number of benzene rings is 3. The summed E-state index contributed by atoms with van der Waals surface area (Å²) < 4.78 is 0. The van der Waals surface area contributed by atoms with Crippen LogP contribution >= 0.6 is 23.5 Å². The van der Waals surface area contributed by atoms with Crippen molar-refractivity contribution < 1.29 is 5.11 Å². The minimum atomic E-state index is -0.515. The minimum absolute atomic E-state index is 0.466. The molecule has 4 rings (SSSR count). The molecule has 0 fully saturated rings. The summed E-state index contributed by atoms with van der Waals surface area (Å²) in [7, 11) is 0. The molecule has 0 unspecified atom stereocenters. The Morgan fingerprint density at radius 2 is 1.34 bits per heavy atom. The van der Waals surface area contributed by atoms with E-state index >= 15 is 0 Å². The van der Waals surface area contributed by atoms with Crippen molar-refractivity contribution in [2.24, 2.45) is 0 Å². The molecule has 0 saturated heterocycles. The Balaban J connectivity index is 1.60.